The maximum absolute atomic E-state index is 9.85. The van der Waals surface area contributed by atoms with Gasteiger partial charge in [-0.2, -0.15) is 0 Å². The first-order chi connectivity index (χ1) is 7.86. The Morgan fingerprint density at radius 3 is 3.12 bits per heavy atom. The first kappa shape index (κ1) is 9.54. The molecule has 0 saturated carbocycles. The molecule has 1 unspecified atom stereocenters. The molecular formula is C12H13N3O. The van der Waals surface area contributed by atoms with Gasteiger partial charge in [0, 0.05) is 24.5 Å². The molecule has 2 aromatic heterocycles. The number of hydrogen-bond donors (Lipinski definition) is 1. The first-order valence-electron chi connectivity index (χ1n) is 5.50. The van der Waals surface area contributed by atoms with Crippen LogP contribution in [0.5, 0.6) is 0 Å². The van der Waals surface area contributed by atoms with E-state index in [0.29, 0.717) is 0 Å². The van der Waals surface area contributed by atoms with Crippen LogP contribution in [0.4, 0.5) is 0 Å². The highest BCUT2D eigenvalue weighted by molar-refractivity contribution is 5.54. The molecule has 0 spiro atoms. The zero-order chi connectivity index (χ0) is 11.0. The van der Waals surface area contributed by atoms with E-state index in [9.17, 15) is 5.11 Å². The van der Waals surface area contributed by atoms with Crippen LogP contribution < -0.4 is 0 Å². The number of aromatic nitrogens is 3. The predicted molar refractivity (Wildman–Crippen MR) is 59.7 cm³/mol. The first-order valence-corrected chi connectivity index (χ1v) is 5.50. The Bertz CT molecular complexity index is 492. The van der Waals surface area contributed by atoms with E-state index in [-0.39, 0.29) is 6.10 Å². The lowest BCUT2D eigenvalue weighted by molar-refractivity contribution is 0.139. The number of aliphatic hydroxyl groups excluding tert-OH is 1. The fourth-order valence-corrected chi connectivity index (χ4v) is 2.21. The van der Waals surface area contributed by atoms with Gasteiger partial charge in [0.25, 0.3) is 0 Å². The summed E-state index contributed by atoms with van der Waals surface area (Å²) in [4.78, 5) is 8.47. The van der Waals surface area contributed by atoms with E-state index in [4.69, 9.17) is 0 Å². The van der Waals surface area contributed by atoms with Gasteiger partial charge in [0.1, 0.15) is 5.82 Å². The van der Waals surface area contributed by atoms with E-state index in [1.54, 1.807) is 18.6 Å². The van der Waals surface area contributed by atoms with Crippen molar-refractivity contribution in [2.45, 2.75) is 25.5 Å². The van der Waals surface area contributed by atoms with Crippen LogP contribution in [0.2, 0.25) is 0 Å². The highest BCUT2D eigenvalue weighted by atomic mass is 16.3. The summed E-state index contributed by atoms with van der Waals surface area (Å²) in [6, 6.07) is 3.89. The minimum Gasteiger partial charge on any atom is -0.387 e. The number of rotatable bonds is 1. The smallest absolute Gasteiger partial charge is 0.141 e. The molecule has 0 aliphatic carbocycles. The molecule has 0 saturated heterocycles. The predicted octanol–water partition coefficient (Wildman–Crippen LogP) is 1.77. The van der Waals surface area contributed by atoms with E-state index in [2.05, 4.69) is 14.5 Å². The highest BCUT2D eigenvalue weighted by Gasteiger charge is 2.21. The molecule has 1 atom stereocenters. The van der Waals surface area contributed by atoms with Gasteiger partial charge in [-0.25, -0.2) is 4.98 Å². The number of imidazole rings is 1. The van der Waals surface area contributed by atoms with Gasteiger partial charge in [-0.15, -0.1) is 0 Å². The Balaban J connectivity index is 2.10. The summed E-state index contributed by atoms with van der Waals surface area (Å²) in [6.45, 7) is 0.927. The monoisotopic (exact) mass is 215 g/mol. The van der Waals surface area contributed by atoms with Crippen LogP contribution >= 0.6 is 0 Å². The van der Waals surface area contributed by atoms with Crippen LogP contribution in [0.25, 0.3) is 11.4 Å². The third-order valence-corrected chi connectivity index (χ3v) is 3.01. The van der Waals surface area contributed by atoms with Crippen LogP contribution in [0.3, 0.4) is 0 Å². The summed E-state index contributed by atoms with van der Waals surface area (Å²) in [5.41, 5.74) is 1.92. The Labute approximate surface area is 93.6 Å². The molecule has 82 valence electrons. The van der Waals surface area contributed by atoms with Crippen molar-refractivity contribution in [3.8, 4) is 11.4 Å². The molecule has 1 aliphatic heterocycles. The molecule has 0 bridgehead atoms. The normalized spacial score (nSPS) is 19.4. The van der Waals surface area contributed by atoms with E-state index < -0.39 is 0 Å². The lowest BCUT2D eigenvalue weighted by atomic mass is 10.1. The molecule has 1 aliphatic rings. The summed E-state index contributed by atoms with van der Waals surface area (Å²) in [7, 11) is 0. The zero-order valence-corrected chi connectivity index (χ0v) is 8.87. The molecular weight excluding hydrogens is 202 g/mol. The van der Waals surface area contributed by atoms with Gasteiger partial charge in [0.15, 0.2) is 0 Å². The minimum atomic E-state index is -0.369. The molecule has 0 fully saturated rings. The average molecular weight is 215 g/mol. The molecule has 1 N–H and O–H groups in total. The molecule has 0 radical (unpaired) electrons. The summed E-state index contributed by atoms with van der Waals surface area (Å²) in [5, 5.41) is 9.85. The van der Waals surface area contributed by atoms with Crippen LogP contribution in [-0.2, 0) is 6.54 Å². The highest BCUT2D eigenvalue weighted by Crippen LogP contribution is 2.29. The summed E-state index contributed by atoms with van der Waals surface area (Å²) in [5.74, 6) is 0.904. The summed E-state index contributed by atoms with van der Waals surface area (Å²) < 4.78 is 2.09. The molecule has 16 heavy (non-hydrogen) atoms. The van der Waals surface area contributed by atoms with Crippen molar-refractivity contribution < 1.29 is 5.11 Å². The number of hydrogen-bond acceptors (Lipinski definition) is 3. The van der Waals surface area contributed by atoms with E-state index in [1.165, 1.54) is 0 Å². The van der Waals surface area contributed by atoms with Crippen molar-refractivity contribution in [2.75, 3.05) is 0 Å². The van der Waals surface area contributed by atoms with Crippen molar-refractivity contribution in [1.29, 1.82) is 0 Å². The summed E-state index contributed by atoms with van der Waals surface area (Å²) in [6.07, 6.45) is 6.78. The number of fused-ring (bicyclic) bond motifs is 1. The van der Waals surface area contributed by atoms with Gasteiger partial charge in [0.05, 0.1) is 18.0 Å². The van der Waals surface area contributed by atoms with Crippen LogP contribution in [0.15, 0.2) is 30.7 Å². The van der Waals surface area contributed by atoms with Crippen molar-refractivity contribution in [1.82, 2.24) is 14.5 Å². The lowest BCUT2D eigenvalue weighted by Gasteiger charge is -2.21. The minimum absolute atomic E-state index is 0.369. The maximum atomic E-state index is 9.85. The van der Waals surface area contributed by atoms with E-state index in [1.807, 2.05) is 12.1 Å². The van der Waals surface area contributed by atoms with Crippen LogP contribution in [0.1, 0.15) is 24.6 Å². The Hall–Kier alpha value is -1.68. The fourth-order valence-electron chi connectivity index (χ4n) is 2.21. The van der Waals surface area contributed by atoms with E-state index in [0.717, 1.165) is 36.5 Å². The second-order valence-electron chi connectivity index (χ2n) is 4.06. The van der Waals surface area contributed by atoms with Crippen LogP contribution in [-0.4, -0.2) is 19.6 Å². The quantitative estimate of drug-likeness (QED) is 0.788. The zero-order valence-electron chi connectivity index (χ0n) is 8.87. The van der Waals surface area contributed by atoms with Gasteiger partial charge in [-0.1, -0.05) is 0 Å². The Kier molecular flexibility index (Phi) is 2.22. The van der Waals surface area contributed by atoms with Gasteiger partial charge in [-0.05, 0) is 25.0 Å². The SMILES string of the molecule is OC1CCCn2c1cnc2-c1cccnc1. The third-order valence-electron chi connectivity index (χ3n) is 3.01. The van der Waals surface area contributed by atoms with Gasteiger partial charge >= 0.3 is 0 Å². The van der Waals surface area contributed by atoms with Crippen molar-refractivity contribution in [3.63, 3.8) is 0 Å². The van der Waals surface area contributed by atoms with Gasteiger partial charge < -0.3 is 9.67 Å². The molecule has 2 aromatic rings. The largest absolute Gasteiger partial charge is 0.387 e. The fraction of sp³-hybridized carbons (Fsp3) is 0.333. The molecule has 4 nitrogen and oxygen atoms in total. The molecule has 4 heteroatoms. The van der Waals surface area contributed by atoms with Crippen molar-refractivity contribution in [3.05, 3.63) is 36.4 Å². The second-order valence-corrected chi connectivity index (χ2v) is 4.06. The van der Waals surface area contributed by atoms with Gasteiger partial charge in [0.2, 0.25) is 0 Å². The summed E-state index contributed by atoms with van der Waals surface area (Å²) >= 11 is 0. The standard InChI is InChI=1S/C12H13N3O/c16-11-4-2-6-15-10(11)8-14-12(15)9-3-1-5-13-7-9/h1,3,5,7-8,11,16H,2,4,6H2. The Morgan fingerprint density at radius 2 is 2.31 bits per heavy atom. The lowest BCUT2D eigenvalue weighted by Crippen LogP contribution is -2.15. The topological polar surface area (TPSA) is 50.9 Å². The van der Waals surface area contributed by atoms with E-state index >= 15 is 0 Å². The molecule has 0 aromatic carbocycles. The maximum Gasteiger partial charge on any atom is 0.141 e. The van der Waals surface area contributed by atoms with Crippen LogP contribution in [0, 0.1) is 0 Å². The molecule has 3 rings (SSSR count). The Morgan fingerprint density at radius 1 is 1.38 bits per heavy atom. The second kappa shape index (κ2) is 3.72. The third kappa shape index (κ3) is 1.42. The van der Waals surface area contributed by atoms with Gasteiger partial charge in [-0.3, -0.25) is 4.98 Å². The average Bonchev–Trinajstić information content (AvgIpc) is 2.75. The number of nitrogens with zero attached hydrogens (tertiary/aromatic N) is 3. The van der Waals surface area contributed by atoms with Crippen molar-refractivity contribution >= 4 is 0 Å². The molecule has 0 amide bonds. The number of aliphatic hydroxyl groups is 1. The van der Waals surface area contributed by atoms with Crippen molar-refractivity contribution in [2.24, 2.45) is 0 Å². The molecule has 3 heterocycles. The number of pyridine rings is 1.